The number of benzene rings is 2. The van der Waals surface area contributed by atoms with Crippen molar-refractivity contribution in [1.29, 1.82) is 5.26 Å². The maximum Gasteiger partial charge on any atom is 0.269 e. The van der Waals surface area contributed by atoms with E-state index in [2.05, 4.69) is 28.4 Å². The number of hydrogen-bond donors (Lipinski definition) is 1. The molecular weight excluding hydrogens is 474 g/mol. The Hall–Kier alpha value is -2.89. The van der Waals surface area contributed by atoms with Crippen LogP contribution in [0.25, 0.3) is 0 Å². The molecule has 0 spiro atoms. The Morgan fingerprint density at radius 1 is 1.14 bits per heavy atom. The Balaban J connectivity index is 1.55. The minimum Gasteiger partial charge on any atom is -0.384 e. The summed E-state index contributed by atoms with van der Waals surface area (Å²) >= 11 is 3.10. The molecule has 6 nitrogen and oxygen atoms in total. The molecule has 3 aliphatic rings. The topological polar surface area (TPSA) is 71.7 Å². The molecule has 180 valence electrons. The van der Waals surface area contributed by atoms with E-state index in [9.17, 15) is 10.1 Å². The first-order chi connectivity index (χ1) is 17.1. The average Bonchev–Trinajstić information content (AvgIpc) is 3.37. The van der Waals surface area contributed by atoms with E-state index in [1.807, 2.05) is 37.1 Å². The molecule has 0 bridgehead atoms. The number of carbonyl (C=O) groups excluding carboxylic acids is 1. The van der Waals surface area contributed by atoms with Gasteiger partial charge in [-0.25, -0.2) is 4.99 Å². The molecule has 1 N–H and O–H groups in total. The van der Waals surface area contributed by atoms with Gasteiger partial charge in [0.2, 0.25) is 0 Å². The summed E-state index contributed by atoms with van der Waals surface area (Å²) in [5, 5.41) is 14.4. The summed E-state index contributed by atoms with van der Waals surface area (Å²) in [6.45, 7) is 3.47. The predicted molar refractivity (Wildman–Crippen MR) is 146 cm³/mol. The molecule has 35 heavy (non-hydrogen) atoms. The largest absolute Gasteiger partial charge is 0.384 e. The van der Waals surface area contributed by atoms with E-state index in [0.717, 1.165) is 45.6 Å². The van der Waals surface area contributed by atoms with Crippen LogP contribution in [-0.2, 0) is 4.79 Å². The summed E-state index contributed by atoms with van der Waals surface area (Å²) in [5.41, 5.74) is 3.23. The molecule has 2 heterocycles. The first-order valence-corrected chi connectivity index (χ1v) is 13.8. The van der Waals surface area contributed by atoms with Gasteiger partial charge in [-0.05, 0) is 67.8 Å². The normalized spacial score (nSPS) is 21.5. The minimum absolute atomic E-state index is 0.0305. The first kappa shape index (κ1) is 23.8. The Morgan fingerprint density at radius 3 is 2.69 bits per heavy atom. The number of amides is 1. The van der Waals surface area contributed by atoms with Gasteiger partial charge in [0.15, 0.2) is 5.17 Å². The zero-order valence-corrected chi connectivity index (χ0v) is 21.7. The third-order valence-corrected chi connectivity index (χ3v) is 9.10. The number of amidine groups is 1. The van der Waals surface area contributed by atoms with Gasteiger partial charge in [-0.1, -0.05) is 43.2 Å². The molecule has 1 aliphatic carbocycles. The lowest BCUT2D eigenvalue weighted by molar-refractivity contribution is -0.122. The quantitative estimate of drug-likeness (QED) is 0.467. The van der Waals surface area contributed by atoms with Gasteiger partial charge in [0.05, 0.1) is 33.7 Å². The SMILES string of the molecule is CCNc1ccc(C#N)cc1N=C1S/C(=C2\Sc3ccccc3N2C)C(=O)N1CC1CCCCC1. The van der Waals surface area contributed by atoms with Crippen LogP contribution in [0.3, 0.4) is 0 Å². The summed E-state index contributed by atoms with van der Waals surface area (Å²) in [4.78, 5) is 24.7. The molecule has 0 aromatic heterocycles. The monoisotopic (exact) mass is 503 g/mol. The van der Waals surface area contributed by atoms with Crippen LogP contribution in [0, 0.1) is 17.2 Å². The fourth-order valence-corrected chi connectivity index (χ4v) is 7.19. The zero-order chi connectivity index (χ0) is 24.4. The van der Waals surface area contributed by atoms with E-state index >= 15 is 0 Å². The number of nitrogens with one attached hydrogen (secondary N) is 1. The van der Waals surface area contributed by atoms with E-state index < -0.39 is 0 Å². The van der Waals surface area contributed by atoms with Crippen molar-refractivity contribution >= 4 is 51.7 Å². The minimum atomic E-state index is 0.0305. The molecule has 1 saturated heterocycles. The molecule has 1 amide bonds. The van der Waals surface area contributed by atoms with Crippen molar-refractivity contribution in [3.63, 3.8) is 0 Å². The van der Waals surface area contributed by atoms with Crippen molar-refractivity contribution in [3.05, 3.63) is 58.0 Å². The van der Waals surface area contributed by atoms with E-state index in [4.69, 9.17) is 4.99 Å². The Kier molecular flexibility index (Phi) is 7.07. The second-order valence-electron chi connectivity index (χ2n) is 9.05. The van der Waals surface area contributed by atoms with Crippen LogP contribution in [0.5, 0.6) is 0 Å². The highest BCUT2D eigenvalue weighted by molar-refractivity contribution is 8.19. The fraction of sp³-hybridized carbons (Fsp3) is 0.370. The Morgan fingerprint density at radius 2 is 1.94 bits per heavy atom. The van der Waals surface area contributed by atoms with Gasteiger partial charge < -0.3 is 10.2 Å². The van der Waals surface area contributed by atoms with Crippen LogP contribution in [0.1, 0.15) is 44.6 Å². The zero-order valence-electron chi connectivity index (χ0n) is 20.1. The lowest BCUT2D eigenvalue weighted by Gasteiger charge is -2.26. The highest BCUT2D eigenvalue weighted by Gasteiger charge is 2.40. The summed E-state index contributed by atoms with van der Waals surface area (Å²) in [6, 6.07) is 15.9. The molecule has 2 aromatic rings. The standard InChI is InChI=1S/C27H29N5OS2/c1-3-29-20-14-13-19(16-28)15-21(20)30-27-32(17-18-9-5-4-6-10-18)25(33)24(35-27)26-31(2)22-11-7-8-12-23(22)34-26/h7-8,11-15,18,29H,3-6,9-10,17H2,1-2H3/b26-24-,30-27?. The van der Waals surface area contributed by atoms with Crippen LogP contribution in [0.15, 0.2) is 62.3 Å². The molecule has 0 atom stereocenters. The molecule has 2 aromatic carbocycles. The van der Waals surface area contributed by atoms with Gasteiger partial charge in [0.25, 0.3) is 5.91 Å². The Bertz CT molecular complexity index is 1240. The van der Waals surface area contributed by atoms with Crippen molar-refractivity contribution in [2.45, 2.75) is 43.9 Å². The number of carbonyl (C=O) groups is 1. The van der Waals surface area contributed by atoms with Gasteiger partial charge in [-0.15, -0.1) is 0 Å². The van der Waals surface area contributed by atoms with Crippen LogP contribution in [0.2, 0.25) is 0 Å². The average molecular weight is 504 g/mol. The fourth-order valence-electron chi connectivity index (χ4n) is 4.84. The predicted octanol–water partition coefficient (Wildman–Crippen LogP) is 6.54. The van der Waals surface area contributed by atoms with E-state index in [0.29, 0.717) is 28.9 Å². The summed E-state index contributed by atoms with van der Waals surface area (Å²) < 4.78 is 0. The lowest BCUT2D eigenvalue weighted by Crippen LogP contribution is -2.35. The number of aliphatic imine (C=N–C) groups is 1. The van der Waals surface area contributed by atoms with Crippen LogP contribution >= 0.6 is 23.5 Å². The smallest absolute Gasteiger partial charge is 0.269 e. The lowest BCUT2D eigenvalue weighted by atomic mass is 9.89. The summed E-state index contributed by atoms with van der Waals surface area (Å²) in [5.74, 6) is 0.524. The molecule has 5 rings (SSSR count). The van der Waals surface area contributed by atoms with Gasteiger partial charge >= 0.3 is 0 Å². The van der Waals surface area contributed by atoms with E-state index in [1.165, 1.54) is 31.0 Å². The molecule has 8 heteroatoms. The number of nitriles is 1. The summed E-state index contributed by atoms with van der Waals surface area (Å²) in [6.07, 6.45) is 6.04. The third-order valence-electron chi connectivity index (χ3n) is 6.67. The van der Waals surface area contributed by atoms with Gasteiger partial charge in [-0.2, -0.15) is 5.26 Å². The summed E-state index contributed by atoms with van der Waals surface area (Å²) in [7, 11) is 2.02. The van der Waals surface area contributed by atoms with E-state index in [-0.39, 0.29) is 5.91 Å². The first-order valence-electron chi connectivity index (χ1n) is 12.2. The van der Waals surface area contributed by atoms with Crippen molar-refractivity contribution in [2.24, 2.45) is 10.9 Å². The second-order valence-corrected chi connectivity index (χ2v) is 11.1. The molecule has 2 aliphatic heterocycles. The molecule has 0 radical (unpaired) electrons. The van der Waals surface area contributed by atoms with Crippen LogP contribution < -0.4 is 10.2 Å². The molecular formula is C27H29N5OS2. The van der Waals surface area contributed by atoms with Crippen molar-refractivity contribution in [2.75, 3.05) is 30.4 Å². The third kappa shape index (κ3) is 4.80. The Labute approximate surface area is 215 Å². The maximum absolute atomic E-state index is 13.9. The number of fused-ring (bicyclic) bond motifs is 1. The van der Waals surface area contributed by atoms with E-state index in [1.54, 1.807) is 23.9 Å². The molecule has 2 fully saturated rings. The second kappa shape index (κ2) is 10.4. The number of rotatable bonds is 5. The van der Waals surface area contributed by atoms with Gasteiger partial charge in [-0.3, -0.25) is 9.69 Å². The highest BCUT2D eigenvalue weighted by Crippen LogP contribution is 2.50. The number of nitrogens with zero attached hydrogens (tertiary/aromatic N) is 4. The van der Waals surface area contributed by atoms with Crippen molar-refractivity contribution in [3.8, 4) is 6.07 Å². The number of thioether (sulfide) groups is 2. The van der Waals surface area contributed by atoms with Crippen molar-refractivity contribution in [1.82, 2.24) is 4.90 Å². The van der Waals surface area contributed by atoms with Gasteiger partial charge in [0.1, 0.15) is 4.91 Å². The highest BCUT2D eigenvalue weighted by atomic mass is 32.2. The number of anilines is 2. The number of hydrogen-bond acceptors (Lipinski definition) is 7. The number of para-hydroxylation sites is 1. The maximum atomic E-state index is 13.9. The molecule has 0 unspecified atom stereocenters. The van der Waals surface area contributed by atoms with Crippen molar-refractivity contribution < 1.29 is 4.79 Å². The van der Waals surface area contributed by atoms with Gasteiger partial charge in [0, 0.05) is 25.0 Å². The van der Waals surface area contributed by atoms with Crippen LogP contribution in [-0.4, -0.2) is 36.1 Å². The molecule has 1 saturated carbocycles. The van der Waals surface area contributed by atoms with Crippen LogP contribution in [0.4, 0.5) is 17.1 Å².